The van der Waals surface area contributed by atoms with Gasteiger partial charge in [0.25, 0.3) is 11.7 Å². The summed E-state index contributed by atoms with van der Waals surface area (Å²) in [5.41, 5.74) is 0. The van der Waals surface area contributed by atoms with E-state index in [4.69, 9.17) is 4.74 Å². The summed E-state index contributed by atoms with van der Waals surface area (Å²) in [6.45, 7) is 7.06. The smallest absolute Gasteiger partial charge is 0.327 e. The van der Waals surface area contributed by atoms with Crippen LogP contribution < -0.4 is 0 Å². The van der Waals surface area contributed by atoms with Crippen LogP contribution in [0.25, 0.3) is 0 Å². The lowest BCUT2D eigenvalue weighted by atomic mass is 10.0. The van der Waals surface area contributed by atoms with Crippen molar-refractivity contribution in [3.05, 3.63) is 0 Å². The number of carbonyl (C=O) groups excluding carboxylic acids is 1. The molecule has 1 amide bonds. The molecule has 1 fully saturated rings. The predicted molar refractivity (Wildman–Crippen MR) is 96.1 cm³/mol. The van der Waals surface area contributed by atoms with Gasteiger partial charge < -0.3 is 20.1 Å². The first-order chi connectivity index (χ1) is 11.7. The number of amides is 1. The first kappa shape index (κ1) is 22.2. The Labute approximate surface area is 153 Å². The summed E-state index contributed by atoms with van der Waals surface area (Å²) in [6, 6.07) is -1.07. The Hall–Kier alpha value is -0.830. The number of aliphatic hydroxyl groups excluding tert-OH is 1. The zero-order valence-corrected chi connectivity index (χ0v) is 16.3. The molecule has 0 aliphatic carbocycles. The maximum Gasteiger partial charge on any atom is 0.327 e. The number of rotatable bonds is 11. The zero-order chi connectivity index (χ0) is 19.2. The van der Waals surface area contributed by atoms with Crippen molar-refractivity contribution >= 4 is 23.6 Å². The molecule has 0 aromatic carbocycles. The molecule has 0 saturated carbocycles. The summed E-state index contributed by atoms with van der Waals surface area (Å²) in [6.07, 6.45) is 2.63. The van der Waals surface area contributed by atoms with Gasteiger partial charge in [-0.15, -0.1) is 0 Å². The first-order valence-corrected chi connectivity index (χ1v) is 9.92. The lowest BCUT2D eigenvalue weighted by molar-refractivity contribution is -0.200. The molecule has 0 spiro atoms. The van der Waals surface area contributed by atoms with Crippen molar-refractivity contribution in [3.63, 3.8) is 0 Å². The molecular weight excluding hydrogens is 346 g/mol. The second kappa shape index (κ2) is 9.75. The largest absolute Gasteiger partial charge is 0.480 e. The van der Waals surface area contributed by atoms with Crippen molar-refractivity contribution in [2.45, 2.75) is 76.6 Å². The van der Waals surface area contributed by atoms with Gasteiger partial charge in [0.05, 0.1) is 6.10 Å². The van der Waals surface area contributed by atoms with E-state index in [2.05, 4.69) is 0 Å². The van der Waals surface area contributed by atoms with E-state index in [1.807, 2.05) is 13.8 Å². The number of ether oxygens (including phenoxy) is 1. The Balaban J connectivity index is 2.72. The molecule has 7 nitrogen and oxygen atoms in total. The standard InChI is InChI=1S/C17H31NO6S/c1-5-7-12(19)8-13(6-2)25-9-14(15(20)21)18-10-24-17(23,11(3)4)16(18)22/h11-14,19,23H,5-10H2,1-4H3,(H,20,21). The normalized spacial score (nSPS) is 24.6. The third-order valence-corrected chi connectivity index (χ3v) is 6.04. The van der Waals surface area contributed by atoms with Gasteiger partial charge in [0.15, 0.2) is 0 Å². The van der Waals surface area contributed by atoms with Crippen molar-refractivity contribution in [2.75, 3.05) is 12.5 Å². The van der Waals surface area contributed by atoms with Gasteiger partial charge in [0, 0.05) is 16.9 Å². The van der Waals surface area contributed by atoms with Gasteiger partial charge in [-0.1, -0.05) is 34.1 Å². The fraction of sp³-hybridized carbons (Fsp3) is 0.882. The Bertz CT molecular complexity index is 460. The van der Waals surface area contributed by atoms with E-state index in [9.17, 15) is 24.9 Å². The molecule has 1 heterocycles. The van der Waals surface area contributed by atoms with Crippen LogP contribution in [0.1, 0.15) is 53.4 Å². The highest BCUT2D eigenvalue weighted by Gasteiger charge is 2.52. The molecule has 0 aromatic rings. The average Bonchev–Trinajstić information content (AvgIpc) is 2.84. The van der Waals surface area contributed by atoms with Gasteiger partial charge >= 0.3 is 5.97 Å². The third-order valence-electron chi connectivity index (χ3n) is 4.54. The van der Waals surface area contributed by atoms with Crippen LogP contribution in [0.5, 0.6) is 0 Å². The van der Waals surface area contributed by atoms with Gasteiger partial charge in [0.1, 0.15) is 12.8 Å². The minimum atomic E-state index is -1.96. The van der Waals surface area contributed by atoms with Gasteiger partial charge in [-0.2, -0.15) is 11.8 Å². The summed E-state index contributed by atoms with van der Waals surface area (Å²) in [4.78, 5) is 25.2. The number of carboxylic acids is 1. The fourth-order valence-corrected chi connectivity index (χ4v) is 4.14. The quantitative estimate of drug-likeness (QED) is 0.503. The molecule has 0 radical (unpaired) electrons. The van der Waals surface area contributed by atoms with Gasteiger partial charge in [0.2, 0.25) is 0 Å². The second-order valence-corrected chi connectivity index (χ2v) is 8.13. The molecule has 0 aromatic heterocycles. The molecule has 4 atom stereocenters. The van der Waals surface area contributed by atoms with Gasteiger partial charge in [-0.25, -0.2) is 4.79 Å². The van der Waals surface area contributed by atoms with Crippen LogP contribution >= 0.6 is 11.8 Å². The van der Waals surface area contributed by atoms with Gasteiger partial charge in [-0.3, -0.25) is 9.69 Å². The van der Waals surface area contributed by atoms with E-state index in [-0.39, 0.29) is 17.7 Å². The van der Waals surface area contributed by atoms with Crippen LogP contribution in [-0.4, -0.2) is 67.8 Å². The van der Waals surface area contributed by atoms with Crippen LogP contribution in [0.3, 0.4) is 0 Å². The van der Waals surface area contributed by atoms with Crippen molar-refractivity contribution in [3.8, 4) is 0 Å². The van der Waals surface area contributed by atoms with E-state index in [1.54, 1.807) is 13.8 Å². The van der Waals surface area contributed by atoms with E-state index >= 15 is 0 Å². The van der Waals surface area contributed by atoms with Crippen molar-refractivity contribution < 1.29 is 29.6 Å². The predicted octanol–water partition coefficient (Wildman–Crippen LogP) is 1.66. The number of aliphatic carboxylic acids is 1. The number of aliphatic hydroxyl groups is 2. The zero-order valence-electron chi connectivity index (χ0n) is 15.5. The number of hydrogen-bond donors (Lipinski definition) is 3. The van der Waals surface area contributed by atoms with Crippen LogP contribution in [0.15, 0.2) is 0 Å². The maximum atomic E-state index is 12.4. The lowest BCUT2D eigenvalue weighted by Crippen LogP contribution is -2.50. The first-order valence-electron chi connectivity index (χ1n) is 8.87. The van der Waals surface area contributed by atoms with Crippen molar-refractivity contribution in [2.24, 2.45) is 5.92 Å². The molecule has 0 bridgehead atoms. The molecule has 1 aliphatic rings. The Morgan fingerprint density at radius 3 is 2.48 bits per heavy atom. The average molecular weight is 378 g/mol. The minimum Gasteiger partial charge on any atom is -0.480 e. The van der Waals surface area contributed by atoms with Gasteiger partial charge in [-0.05, 0) is 19.3 Å². The monoisotopic (exact) mass is 377 g/mol. The number of nitrogens with zero attached hydrogens (tertiary/aromatic N) is 1. The Kier molecular flexibility index (Phi) is 8.67. The van der Waals surface area contributed by atoms with E-state index in [1.165, 1.54) is 11.8 Å². The Morgan fingerprint density at radius 2 is 2.04 bits per heavy atom. The molecule has 3 N–H and O–H groups in total. The topological polar surface area (TPSA) is 107 Å². The fourth-order valence-electron chi connectivity index (χ4n) is 2.77. The molecule has 4 unspecified atom stereocenters. The molecule has 1 rings (SSSR count). The summed E-state index contributed by atoms with van der Waals surface area (Å²) in [5, 5.41) is 29.9. The third kappa shape index (κ3) is 5.57. The highest BCUT2D eigenvalue weighted by molar-refractivity contribution is 7.99. The van der Waals surface area contributed by atoms with Crippen molar-refractivity contribution in [1.82, 2.24) is 4.90 Å². The summed E-state index contributed by atoms with van der Waals surface area (Å²) < 4.78 is 5.21. The molecular formula is C17H31NO6S. The van der Waals surface area contributed by atoms with E-state index in [0.29, 0.717) is 6.42 Å². The maximum absolute atomic E-state index is 12.4. The number of thioether (sulfide) groups is 1. The SMILES string of the molecule is CCCC(O)CC(CC)SCC(C(=O)O)N1COC(O)(C(C)C)C1=O. The number of carbonyl (C=O) groups is 2. The van der Waals surface area contributed by atoms with Crippen molar-refractivity contribution in [1.29, 1.82) is 0 Å². The molecule has 146 valence electrons. The van der Waals surface area contributed by atoms with Crippen LogP contribution in [-0.2, 0) is 14.3 Å². The van der Waals surface area contributed by atoms with Crippen LogP contribution in [0, 0.1) is 5.92 Å². The number of carboxylic acid groups (broad SMARTS) is 1. The molecule has 1 aliphatic heterocycles. The van der Waals surface area contributed by atoms with E-state index < -0.39 is 35.7 Å². The Morgan fingerprint density at radius 1 is 1.40 bits per heavy atom. The second-order valence-electron chi connectivity index (χ2n) is 6.80. The summed E-state index contributed by atoms with van der Waals surface area (Å²) in [5.74, 6) is -4.06. The highest BCUT2D eigenvalue weighted by atomic mass is 32.2. The summed E-state index contributed by atoms with van der Waals surface area (Å²) >= 11 is 1.44. The lowest BCUT2D eigenvalue weighted by Gasteiger charge is -2.27. The highest BCUT2D eigenvalue weighted by Crippen LogP contribution is 2.31. The van der Waals surface area contributed by atoms with Crippen LogP contribution in [0.2, 0.25) is 0 Å². The van der Waals surface area contributed by atoms with Crippen LogP contribution in [0.4, 0.5) is 0 Å². The minimum absolute atomic E-state index is 0.117. The van der Waals surface area contributed by atoms with E-state index in [0.717, 1.165) is 24.2 Å². The molecule has 8 heteroatoms. The molecule has 25 heavy (non-hydrogen) atoms. The number of hydrogen-bond acceptors (Lipinski definition) is 6. The summed E-state index contributed by atoms with van der Waals surface area (Å²) in [7, 11) is 0. The molecule has 1 saturated heterocycles.